The molecule has 0 heterocycles. The maximum atomic E-state index is 10.9. The van der Waals surface area contributed by atoms with Crippen molar-refractivity contribution in [1.29, 1.82) is 0 Å². The number of aryl methyl sites for hydroxylation is 1. The Morgan fingerprint density at radius 1 is 1.07 bits per heavy atom. The number of hydrogen-bond donors (Lipinski definition) is 2. The van der Waals surface area contributed by atoms with Gasteiger partial charge in [-0.1, -0.05) is 42.0 Å². The highest BCUT2D eigenvalue weighted by Crippen LogP contribution is 2.24. The summed E-state index contributed by atoms with van der Waals surface area (Å²) in [5.41, 5.74) is 2.18. The third kappa shape index (κ3) is 7.47. The van der Waals surface area contributed by atoms with E-state index in [1.54, 1.807) is 19.2 Å². The molecule has 3 aromatic rings. The fraction of sp³-hybridized carbons (Fsp3) is 0.227. The first kappa shape index (κ1) is 25.1. The lowest BCUT2D eigenvalue weighted by atomic mass is 10.0. The fourth-order valence-electron chi connectivity index (χ4n) is 2.74. The van der Waals surface area contributed by atoms with Crippen LogP contribution < -0.4 is 10.1 Å². The molecule has 0 saturated heterocycles. The second-order valence-corrected chi connectivity index (χ2v) is 7.95. The van der Waals surface area contributed by atoms with Crippen LogP contribution in [0.25, 0.3) is 10.8 Å². The summed E-state index contributed by atoms with van der Waals surface area (Å²) in [4.78, 5) is 10.8. The van der Waals surface area contributed by atoms with Crippen LogP contribution in [0.3, 0.4) is 0 Å². The Balaban J connectivity index is 0.000000324. The van der Waals surface area contributed by atoms with E-state index in [0.29, 0.717) is 6.54 Å². The number of ether oxygens (including phenoxy) is 1. The van der Waals surface area contributed by atoms with E-state index in [9.17, 15) is 13.2 Å². The van der Waals surface area contributed by atoms with Crippen molar-refractivity contribution in [1.82, 2.24) is 5.32 Å². The van der Waals surface area contributed by atoms with E-state index in [-0.39, 0.29) is 16.3 Å². The molecule has 0 bridgehead atoms. The van der Waals surface area contributed by atoms with Gasteiger partial charge in [0.2, 0.25) is 5.91 Å². The molecule has 30 heavy (non-hydrogen) atoms. The molecule has 8 heteroatoms. The molecule has 7 nitrogen and oxygen atoms in total. The lowest BCUT2D eigenvalue weighted by Gasteiger charge is -2.08. The molecule has 0 saturated carbocycles. The number of fused-ring (bicyclic) bond motifs is 1. The number of benzene rings is 3. The Kier molecular flexibility index (Phi) is 9.45. The van der Waals surface area contributed by atoms with E-state index in [4.69, 9.17) is 9.29 Å². The van der Waals surface area contributed by atoms with Gasteiger partial charge in [-0.25, -0.2) is 0 Å². The lowest BCUT2D eigenvalue weighted by molar-refractivity contribution is -0.118. The normalized spacial score (nSPS) is 10.4. The topological polar surface area (TPSA) is 124 Å². The molecule has 3 aromatic carbocycles. The van der Waals surface area contributed by atoms with Gasteiger partial charge in [-0.05, 0) is 53.9 Å². The van der Waals surface area contributed by atoms with Crippen molar-refractivity contribution in [2.75, 3.05) is 13.7 Å². The molecule has 0 aliphatic heterocycles. The first-order valence-corrected chi connectivity index (χ1v) is 10.5. The summed E-state index contributed by atoms with van der Waals surface area (Å²) in [6.45, 7) is 4.03. The highest BCUT2D eigenvalue weighted by molar-refractivity contribution is 7.85. The number of carbonyl (C=O) groups excluding carboxylic acids is 1. The van der Waals surface area contributed by atoms with E-state index in [0.717, 1.165) is 17.7 Å². The van der Waals surface area contributed by atoms with Crippen molar-refractivity contribution in [3.63, 3.8) is 0 Å². The van der Waals surface area contributed by atoms with E-state index in [1.165, 1.54) is 35.4 Å². The van der Waals surface area contributed by atoms with Gasteiger partial charge in [-0.2, -0.15) is 8.42 Å². The summed E-state index contributed by atoms with van der Waals surface area (Å²) in [5, 5.41) is 5.19. The monoisotopic (exact) mass is 433 g/mol. The zero-order chi connectivity index (χ0) is 21.4. The lowest BCUT2D eigenvalue weighted by Crippen LogP contribution is -2.22. The van der Waals surface area contributed by atoms with Crippen LogP contribution in [0, 0.1) is 6.92 Å². The van der Waals surface area contributed by atoms with Crippen LogP contribution >= 0.6 is 0 Å². The molecule has 0 radical (unpaired) electrons. The van der Waals surface area contributed by atoms with Gasteiger partial charge in [0, 0.05) is 13.5 Å². The maximum absolute atomic E-state index is 10.9. The van der Waals surface area contributed by atoms with Gasteiger partial charge in [-0.15, -0.1) is 0 Å². The highest BCUT2D eigenvalue weighted by Gasteiger charge is 2.07. The molecule has 0 unspecified atom stereocenters. The summed E-state index contributed by atoms with van der Waals surface area (Å²) in [7, 11) is -2.35. The average Bonchev–Trinajstić information content (AvgIpc) is 2.67. The van der Waals surface area contributed by atoms with Gasteiger partial charge in [0.05, 0.1) is 12.0 Å². The van der Waals surface area contributed by atoms with Gasteiger partial charge >= 0.3 is 0 Å². The van der Waals surface area contributed by atoms with E-state index in [2.05, 4.69) is 23.5 Å². The van der Waals surface area contributed by atoms with Crippen LogP contribution in [-0.2, 0) is 21.3 Å². The first-order valence-electron chi connectivity index (χ1n) is 9.05. The molecule has 0 spiro atoms. The average molecular weight is 434 g/mol. The third-order valence-electron chi connectivity index (χ3n) is 4.27. The van der Waals surface area contributed by atoms with Gasteiger partial charge in [0.1, 0.15) is 5.75 Å². The molecule has 4 N–H and O–H groups in total. The van der Waals surface area contributed by atoms with Gasteiger partial charge < -0.3 is 15.5 Å². The standard InChI is InChI=1S/C15H17NO2.C7H8O3S.H2O/c1-11(17)16-9-8-13-5-3-4-12-6-7-14(18-2)10-15(12)13;1-6-2-4-7(5-3-6)11(8,9)10;/h3-7,10H,8-9H2,1-2H3,(H,16,17);2-5H,1H3,(H,8,9,10);1H2. The summed E-state index contributed by atoms with van der Waals surface area (Å²) in [5.74, 6) is 0.863. The third-order valence-corrected chi connectivity index (χ3v) is 5.13. The number of carbonyl (C=O) groups is 1. The van der Waals surface area contributed by atoms with Crippen molar-refractivity contribution in [3.8, 4) is 5.75 Å². The molecular weight excluding hydrogens is 406 g/mol. The number of amides is 1. The number of hydrogen-bond acceptors (Lipinski definition) is 4. The SMILES string of the molecule is COc1ccc2cccc(CCNC(C)=O)c2c1.Cc1ccc(S(=O)(=O)O)cc1.O. The van der Waals surface area contributed by atoms with Crippen molar-refractivity contribution < 1.29 is 28.0 Å². The van der Waals surface area contributed by atoms with Crippen LogP contribution in [0.15, 0.2) is 65.6 Å². The van der Waals surface area contributed by atoms with Gasteiger partial charge in [0.25, 0.3) is 10.1 Å². The minimum atomic E-state index is -4.02. The molecule has 1 amide bonds. The summed E-state index contributed by atoms with van der Waals surface area (Å²) < 4.78 is 34.8. The molecule has 3 rings (SSSR count). The van der Waals surface area contributed by atoms with Gasteiger partial charge in [0.15, 0.2) is 0 Å². The van der Waals surface area contributed by atoms with Crippen molar-refractivity contribution in [2.45, 2.75) is 25.2 Å². The minimum absolute atomic E-state index is 0. The second-order valence-electron chi connectivity index (χ2n) is 6.53. The zero-order valence-electron chi connectivity index (χ0n) is 17.2. The zero-order valence-corrected chi connectivity index (χ0v) is 18.0. The van der Waals surface area contributed by atoms with Crippen LogP contribution in [0.5, 0.6) is 5.75 Å². The molecule has 0 atom stereocenters. The smallest absolute Gasteiger partial charge is 0.294 e. The highest BCUT2D eigenvalue weighted by atomic mass is 32.2. The predicted octanol–water partition coefficient (Wildman–Crippen LogP) is 2.94. The molecule has 0 aromatic heterocycles. The number of rotatable bonds is 5. The predicted molar refractivity (Wildman–Crippen MR) is 117 cm³/mol. The first-order chi connectivity index (χ1) is 13.7. The second kappa shape index (κ2) is 11.3. The Morgan fingerprint density at radius 2 is 1.73 bits per heavy atom. The molecule has 0 fully saturated rings. The Morgan fingerprint density at radius 3 is 2.30 bits per heavy atom. The molecule has 0 aliphatic rings. The van der Waals surface area contributed by atoms with Gasteiger partial charge in [-0.3, -0.25) is 9.35 Å². The summed E-state index contributed by atoms with van der Waals surface area (Å²) in [6, 6.07) is 18.2. The Hall–Kier alpha value is -2.94. The van der Waals surface area contributed by atoms with Crippen LogP contribution in [0.2, 0.25) is 0 Å². The summed E-state index contributed by atoms with van der Waals surface area (Å²) in [6.07, 6.45) is 0.823. The molecule has 0 aliphatic carbocycles. The molecule has 162 valence electrons. The van der Waals surface area contributed by atoms with Crippen LogP contribution in [-0.4, -0.2) is 38.0 Å². The summed E-state index contributed by atoms with van der Waals surface area (Å²) >= 11 is 0. The number of nitrogens with one attached hydrogen (secondary N) is 1. The minimum Gasteiger partial charge on any atom is -0.497 e. The van der Waals surface area contributed by atoms with Crippen molar-refractivity contribution in [3.05, 3.63) is 71.8 Å². The Bertz CT molecular complexity index is 1080. The van der Waals surface area contributed by atoms with E-state index >= 15 is 0 Å². The van der Waals surface area contributed by atoms with Crippen molar-refractivity contribution in [2.24, 2.45) is 0 Å². The Labute approximate surface area is 176 Å². The quantitative estimate of drug-likeness (QED) is 0.599. The van der Waals surface area contributed by atoms with E-state index in [1.807, 2.05) is 25.1 Å². The van der Waals surface area contributed by atoms with E-state index < -0.39 is 10.1 Å². The fourth-order valence-corrected chi connectivity index (χ4v) is 3.22. The number of methoxy groups -OCH3 is 1. The molecular formula is C22H27NO6S. The largest absolute Gasteiger partial charge is 0.497 e. The van der Waals surface area contributed by atoms with Crippen molar-refractivity contribution >= 4 is 26.8 Å². The maximum Gasteiger partial charge on any atom is 0.294 e. The van der Waals surface area contributed by atoms with Crippen LogP contribution in [0.1, 0.15) is 18.1 Å². The van der Waals surface area contributed by atoms with Crippen LogP contribution in [0.4, 0.5) is 0 Å².